The van der Waals surface area contributed by atoms with Crippen LogP contribution >= 0.6 is 0 Å². The van der Waals surface area contributed by atoms with Gasteiger partial charge in [-0.3, -0.25) is 9.69 Å². The molecule has 3 aromatic rings. The second kappa shape index (κ2) is 7.52. The van der Waals surface area contributed by atoms with Gasteiger partial charge in [0.15, 0.2) is 5.82 Å². The number of aromatic nitrogens is 4. The van der Waals surface area contributed by atoms with Gasteiger partial charge in [-0.2, -0.15) is 0 Å². The first-order valence-electron chi connectivity index (χ1n) is 10.6. The van der Waals surface area contributed by atoms with Gasteiger partial charge in [0.2, 0.25) is 0 Å². The summed E-state index contributed by atoms with van der Waals surface area (Å²) in [6, 6.07) is 4.17. The predicted octanol–water partition coefficient (Wildman–Crippen LogP) is 1.93. The molecule has 1 spiro atoms. The van der Waals surface area contributed by atoms with Gasteiger partial charge < -0.3 is 19.0 Å². The predicted molar refractivity (Wildman–Crippen MR) is 112 cm³/mol. The lowest BCUT2D eigenvalue weighted by atomic mass is 9.80. The number of hydrogen-bond donors (Lipinski definition) is 1. The molecule has 8 nitrogen and oxygen atoms in total. The van der Waals surface area contributed by atoms with E-state index in [1.54, 1.807) is 17.0 Å². The maximum absolute atomic E-state index is 12.2. The molecular formula is C22H28N6O2. The molecule has 0 bridgehead atoms. The Bertz CT molecular complexity index is 1050. The van der Waals surface area contributed by atoms with Crippen LogP contribution in [0.3, 0.4) is 0 Å². The monoisotopic (exact) mass is 408 g/mol. The molecule has 1 N–H and O–H groups in total. The summed E-state index contributed by atoms with van der Waals surface area (Å²) in [5.74, 6) is 0.282. The Labute approximate surface area is 175 Å². The molecule has 8 heteroatoms. The third kappa shape index (κ3) is 3.61. The van der Waals surface area contributed by atoms with Crippen LogP contribution in [0.5, 0.6) is 0 Å². The van der Waals surface area contributed by atoms with Crippen LogP contribution in [0, 0.1) is 6.92 Å². The third-order valence-corrected chi connectivity index (χ3v) is 6.41. The lowest BCUT2D eigenvalue weighted by molar-refractivity contribution is -0.222. The fraction of sp³-hybridized carbons (Fsp3) is 0.500. The molecule has 2 fully saturated rings. The van der Waals surface area contributed by atoms with Crippen molar-refractivity contribution in [1.82, 2.24) is 29.2 Å². The quantitative estimate of drug-likeness (QED) is 0.698. The molecular weight excluding hydrogens is 380 g/mol. The summed E-state index contributed by atoms with van der Waals surface area (Å²) >= 11 is 0. The van der Waals surface area contributed by atoms with E-state index in [-0.39, 0.29) is 17.6 Å². The Morgan fingerprint density at radius 2 is 2.10 bits per heavy atom. The van der Waals surface area contributed by atoms with Crippen LogP contribution in [-0.2, 0) is 18.3 Å². The first-order valence-corrected chi connectivity index (χ1v) is 10.6. The number of carbonyl (C=O) groups excluding carboxylic acids is 1. The second-order valence-corrected chi connectivity index (χ2v) is 8.66. The lowest BCUT2D eigenvalue weighted by Crippen LogP contribution is -2.59. The van der Waals surface area contributed by atoms with Gasteiger partial charge in [0.05, 0.1) is 23.6 Å². The Morgan fingerprint density at radius 1 is 1.30 bits per heavy atom. The largest absolute Gasteiger partial charge is 0.370 e. The molecule has 2 aliphatic heterocycles. The van der Waals surface area contributed by atoms with Crippen molar-refractivity contribution in [2.24, 2.45) is 7.05 Å². The van der Waals surface area contributed by atoms with E-state index in [0.717, 1.165) is 44.5 Å². The van der Waals surface area contributed by atoms with Crippen molar-refractivity contribution in [3.63, 3.8) is 0 Å². The zero-order valence-electron chi connectivity index (χ0n) is 17.5. The summed E-state index contributed by atoms with van der Waals surface area (Å²) in [7, 11) is 1.82. The summed E-state index contributed by atoms with van der Waals surface area (Å²) in [6.07, 6.45) is 10.7. The number of imidazole rings is 2. The lowest BCUT2D eigenvalue weighted by Gasteiger charge is -2.52. The van der Waals surface area contributed by atoms with E-state index in [2.05, 4.69) is 49.8 Å². The molecule has 0 aromatic carbocycles. The van der Waals surface area contributed by atoms with Gasteiger partial charge in [0.1, 0.15) is 5.65 Å². The standard InChI is InChI=1S/C22H28N6O2/c1-16-3-4-19-24-12-17(28(19)14-16)15-27-8-5-22(6-9-27)11-18(30-22)13-25-21(29)20-23-7-10-26(20)2/h3-4,7,10,12,14,18H,5-6,8-9,11,13,15H2,1-2H3,(H,25,29). The van der Waals surface area contributed by atoms with Crippen LogP contribution in [0.4, 0.5) is 0 Å². The van der Waals surface area contributed by atoms with Gasteiger partial charge >= 0.3 is 0 Å². The minimum atomic E-state index is -0.148. The SMILES string of the molecule is Cc1ccc2ncc(CN3CCC4(CC3)CC(CNC(=O)c3nccn3C)O4)n2c1. The number of rotatable bonds is 5. The highest BCUT2D eigenvalue weighted by atomic mass is 16.5. The third-order valence-electron chi connectivity index (χ3n) is 6.41. The van der Waals surface area contributed by atoms with Gasteiger partial charge in [0.25, 0.3) is 5.91 Å². The zero-order chi connectivity index (χ0) is 20.7. The topological polar surface area (TPSA) is 76.7 Å². The van der Waals surface area contributed by atoms with Crippen molar-refractivity contribution < 1.29 is 9.53 Å². The molecule has 5 heterocycles. The highest BCUT2D eigenvalue weighted by Gasteiger charge is 2.47. The zero-order valence-corrected chi connectivity index (χ0v) is 17.5. The van der Waals surface area contributed by atoms with Crippen LogP contribution in [0.25, 0.3) is 5.65 Å². The van der Waals surface area contributed by atoms with E-state index >= 15 is 0 Å². The number of pyridine rings is 1. The number of hydrogen-bond acceptors (Lipinski definition) is 5. The smallest absolute Gasteiger partial charge is 0.287 e. The number of aryl methyl sites for hydroxylation is 2. The molecule has 1 atom stereocenters. The summed E-state index contributed by atoms with van der Waals surface area (Å²) in [5.41, 5.74) is 3.46. The Hall–Kier alpha value is -2.71. The number of amides is 1. The van der Waals surface area contributed by atoms with Crippen molar-refractivity contribution in [3.8, 4) is 0 Å². The average Bonchev–Trinajstić information content (AvgIpc) is 3.32. The highest BCUT2D eigenvalue weighted by Crippen LogP contribution is 2.41. The number of carbonyl (C=O) groups is 1. The van der Waals surface area contributed by atoms with Crippen LogP contribution < -0.4 is 5.32 Å². The normalized spacial score (nSPS) is 21.1. The molecule has 0 radical (unpaired) electrons. The Balaban J connectivity index is 1.10. The van der Waals surface area contributed by atoms with Crippen molar-refractivity contribution >= 4 is 11.6 Å². The van der Waals surface area contributed by atoms with Gasteiger partial charge in [-0.1, -0.05) is 6.07 Å². The van der Waals surface area contributed by atoms with E-state index in [0.29, 0.717) is 12.4 Å². The van der Waals surface area contributed by atoms with E-state index in [4.69, 9.17) is 4.74 Å². The molecule has 30 heavy (non-hydrogen) atoms. The minimum Gasteiger partial charge on any atom is -0.370 e. The summed E-state index contributed by atoms with van der Waals surface area (Å²) in [6.45, 7) is 5.59. The van der Waals surface area contributed by atoms with Crippen LogP contribution in [0.2, 0.25) is 0 Å². The van der Waals surface area contributed by atoms with Crippen LogP contribution in [0.15, 0.2) is 36.9 Å². The molecule has 2 aliphatic rings. The van der Waals surface area contributed by atoms with E-state index in [1.165, 1.54) is 11.3 Å². The molecule has 0 saturated carbocycles. The molecule has 5 rings (SSSR count). The maximum Gasteiger partial charge on any atom is 0.287 e. The van der Waals surface area contributed by atoms with Crippen LogP contribution in [-0.4, -0.2) is 61.1 Å². The first-order chi connectivity index (χ1) is 14.5. The fourth-order valence-corrected chi connectivity index (χ4v) is 4.67. The van der Waals surface area contributed by atoms with E-state index in [1.807, 2.05) is 13.2 Å². The van der Waals surface area contributed by atoms with Crippen molar-refractivity contribution in [2.45, 2.75) is 44.4 Å². The first kappa shape index (κ1) is 19.3. The molecule has 158 valence electrons. The molecule has 3 aromatic heterocycles. The number of likely N-dealkylation sites (tertiary alicyclic amines) is 1. The van der Waals surface area contributed by atoms with E-state index < -0.39 is 0 Å². The molecule has 1 unspecified atom stereocenters. The van der Waals surface area contributed by atoms with Crippen molar-refractivity contribution in [1.29, 1.82) is 0 Å². The van der Waals surface area contributed by atoms with Crippen molar-refractivity contribution in [2.75, 3.05) is 19.6 Å². The minimum absolute atomic E-state index is 0.00874. The fourth-order valence-electron chi connectivity index (χ4n) is 4.67. The number of ether oxygens (including phenoxy) is 1. The van der Waals surface area contributed by atoms with Gasteiger partial charge in [-0.15, -0.1) is 0 Å². The molecule has 2 saturated heterocycles. The number of piperidine rings is 1. The molecule has 1 amide bonds. The van der Waals surface area contributed by atoms with Gasteiger partial charge in [-0.25, -0.2) is 9.97 Å². The number of nitrogens with zero attached hydrogens (tertiary/aromatic N) is 5. The Morgan fingerprint density at radius 3 is 2.83 bits per heavy atom. The van der Waals surface area contributed by atoms with E-state index in [9.17, 15) is 4.79 Å². The second-order valence-electron chi connectivity index (χ2n) is 8.66. The number of fused-ring (bicyclic) bond motifs is 1. The van der Waals surface area contributed by atoms with Gasteiger partial charge in [0, 0.05) is 58.2 Å². The molecule has 0 aliphatic carbocycles. The van der Waals surface area contributed by atoms with Crippen molar-refractivity contribution in [3.05, 3.63) is 54.0 Å². The Kier molecular flexibility index (Phi) is 4.83. The average molecular weight is 409 g/mol. The van der Waals surface area contributed by atoms with Crippen LogP contribution in [0.1, 0.15) is 41.1 Å². The van der Waals surface area contributed by atoms with Gasteiger partial charge in [-0.05, 0) is 31.4 Å². The summed E-state index contributed by atoms with van der Waals surface area (Å²) in [5, 5.41) is 2.94. The highest BCUT2D eigenvalue weighted by molar-refractivity contribution is 5.90. The summed E-state index contributed by atoms with van der Waals surface area (Å²) < 4.78 is 10.2. The summed E-state index contributed by atoms with van der Waals surface area (Å²) in [4.78, 5) is 23.3. The number of nitrogens with one attached hydrogen (secondary N) is 1. The maximum atomic E-state index is 12.2.